The van der Waals surface area contributed by atoms with E-state index in [1.54, 1.807) is 0 Å². The third kappa shape index (κ3) is 7.30. The van der Waals surface area contributed by atoms with Crippen LogP contribution < -0.4 is 58.2 Å². The Labute approximate surface area is 110 Å². The predicted molar refractivity (Wildman–Crippen MR) is 31.0 cm³/mol. The summed E-state index contributed by atoms with van der Waals surface area (Å²) in [5.74, 6) is -1.51. The first kappa shape index (κ1) is 13.8. The summed E-state index contributed by atoms with van der Waals surface area (Å²) >= 11 is 0. The first-order valence-corrected chi connectivity index (χ1v) is 2.64. The molecule has 0 aromatic heterocycles. The van der Waals surface area contributed by atoms with Crippen LogP contribution in [0.4, 0.5) is 0 Å². The maximum Gasteiger partial charge on any atom is 1.00 e. The van der Waals surface area contributed by atoms with Gasteiger partial charge in [0.1, 0.15) is 0 Å². The van der Waals surface area contributed by atoms with Crippen molar-refractivity contribution >= 4 is 5.97 Å². The fourth-order valence-corrected chi connectivity index (χ4v) is 0.434. The van der Waals surface area contributed by atoms with E-state index >= 15 is 0 Å². The van der Waals surface area contributed by atoms with Crippen LogP contribution in [0.15, 0.2) is 0 Å². The van der Waals surface area contributed by atoms with Gasteiger partial charge in [0, 0.05) is 19.1 Å². The Balaban J connectivity index is -0.000000320. The minimum absolute atomic E-state index is 0. The average Bonchev–Trinajstić information content (AvgIpc) is 1.82. The second kappa shape index (κ2) is 8.29. The van der Waals surface area contributed by atoms with E-state index in [-0.39, 0.29) is 79.2 Å². The van der Waals surface area contributed by atoms with Crippen molar-refractivity contribution in [3.63, 3.8) is 0 Å². The van der Waals surface area contributed by atoms with Crippen LogP contribution in [0.5, 0.6) is 0 Å². The van der Waals surface area contributed by atoms with Gasteiger partial charge >= 0.3 is 64.2 Å². The van der Waals surface area contributed by atoms with Crippen molar-refractivity contribution in [1.82, 2.24) is 0 Å². The van der Waals surface area contributed by atoms with Crippen LogP contribution in [-0.2, 0) is 4.79 Å². The zero-order valence-corrected chi connectivity index (χ0v) is 10.9. The fourth-order valence-electron chi connectivity index (χ4n) is 0.434. The molecule has 0 spiro atoms. The summed E-state index contributed by atoms with van der Waals surface area (Å²) in [5.41, 5.74) is 0. The molecule has 0 aliphatic carbocycles. The molecule has 4 nitrogen and oxygen atoms in total. The number of carbonyl (C=O) groups is 1. The molecule has 0 saturated heterocycles. The van der Waals surface area contributed by atoms with Crippen molar-refractivity contribution < 1.29 is 79.7 Å². The Kier molecular flexibility index (Phi) is 11.4. The standard InChI is InChI=1S/C5H10O4.Rb.H/c6-2-4(3-7)1-5(8)9;;/h4,6-7H,1-3H2,(H,8,9);;/q;+1;-1. The molecule has 0 rings (SSSR count). The molecule has 0 unspecified atom stereocenters. The van der Waals surface area contributed by atoms with Gasteiger partial charge in [-0.3, -0.25) is 4.79 Å². The molecule has 0 heterocycles. The first-order valence-electron chi connectivity index (χ1n) is 2.64. The molecule has 0 aliphatic heterocycles. The number of carboxylic acids is 1. The molecular formula is C5H11O4Rb. The van der Waals surface area contributed by atoms with E-state index in [1.165, 1.54) is 0 Å². The van der Waals surface area contributed by atoms with Crippen LogP contribution in [0.1, 0.15) is 7.85 Å². The molecular weight excluding hydrogens is 210 g/mol. The Bertz CT molecular complexity index is 96.5. The van der Waals surface area contributed by atoms with E-state index in [2.05, 4.69) is 0 Å². The summed E-state index contributed by atoms with van der Waals surface area (Å²) < 4.78 is 0. The minimum Gasteiger partial charge on any atom is -1.00 e. The van der Waals surface area contributed by atoms with Crippen molar-refractivity contribution in [2.75, 3.05) is 13.2 Å². The maximum absolute atomic E-state index is 9.91. The van der Waals surface area contributed by atoms with Crippen LogP contribution in [0.3, 0.4) is 0 Å². The van der Waals surface area contributed by atoms with Gasteiger partial charge in [0.15, 0.2) is 0 Å². The van der Waals surface area contributed by atoms with E-state index < -0.39 is 11.9 Å². The topological polar surface area (TPSA) is 77.8 Å². The maximum atomic E-state index is 9.91. The Morgan fingerprint density at radius 1 is 1.40 bits per heavy atom. The summed E-state index contributed by atoms with van der Waals surface area (Å²) in [6, 6.07) is 0. The predicted octanol–water partition coefficient (Wildman–Crippen LogP) is -3.82. The molecule has 0 saturated carbocycles. The fraction of sp³-hybridized carbons (Fsp3) is 0.800. The number of aliphatic carboxylic acids is 1. The number of rotatable bonds is 4. The minimum atomic E-state index is -0.997. The van der Waals surface area contributed by atoms with Gasteiger partial charge in [-0.05, 0) is 0 Å². The van der Waals surface area contributed by atoms with Gasteiger partial charge in [-0.25, -0.2) is 0 Å². The Morgan fingerprint density at radius 3 is 1.90 bits per heavy atom. The first-order chi connectivity index (χ1) is 4.20. The molecule has 56 valence electrons. The van der Waals surface area contributed by atoms with E-state index in [0.717, 1.165) is 0 Å². The van der Waals surface area contributed by atoms with Gasteiger partial charge in [-0.2, -0.15) is 0 Å². The molecule has 0 fully saturated rings. The zero-order chi connectivity index (χ0) is 7.28. The molecule has 0 amide bonds. The summed E-state index contributed by atoms with van der Waals surface area (Å²) in [5, 5.41) is 24.8. The van der Waals surface area contributed by atoms with Crippen molar-refractivity contribution in [3.05, 3.63) is 0 Å². The molecule has 5 heteroatoms. The van der Waals surface area contributed by atoms with E-state index in [0.29, 0.717) is 0 Å². The second-order valence-corrected chi connectivity index (χ2v) is 1.83. The van der Waals surface area contributed by atoms with Gasteiger partial charge in [-0.15, -0.1) is 0 Å². The van der Waals surface area contributed by atoms with Crippen LogP contribution >= 0.6 is 0 Å². The molecule has 0 aromatic rings. The van der Waals surface area contributed by atoms with E-state index in [1.807, 2.05) is 0 Å². The normalized spacial score (nSPS) is 9.10. The van der Waals surface area contributed by atoms with Gasteiger partial charge < -0.3 is 16.7 Å². The van der Waals surface area contributed by atoms with Gasteiger partial charge in [0.05, 0.1) is 6.42 Å². The summed E-state index contributed by atoms with van der Waals surface area (Å²) in [6.07, 6.45) is -0.174. The van der Waals surface area contributed by atoms with Crippen LogP contribution in [0, 0.1) is 5.92 Å². The molecule has 10 heavy (non-hydrogen) atoms. The summed E-state index contributed by atoms with van der Waals surface area (Å²) in [4.78, 5) is 9.91. The number of carboxylic acid groups (broad SMARTS) is 1. The molecule has 0 atom stereocenters. The van der Waals surface area contributed by atoms with Crippen molar-refractivity contribution in [1.29, 1.82) is 0 Å². The van der Waals surface area contributed by atoms with E-state index in [9.17, 15) is 4.79 Å². The number of hydrogen-bond donors (Lipinski definition) is 3. The number of hydrogen-bond acceptors (Lipinski definition) is 3. The SMILES string of the molecule is O=C(O)CC(CO)CO.[H-].[Rb+]. The second-order valence-electron chi connectivity index (χ2n) is 1.83. The quantitative estimate of drug-likeness (QED) is 0.454. The zero-order valence-electron chi connectivity index (χ0n) is 6.95. The number of aliphatic hydroxyl groups excluding tert-OH is 2. The summed E-state index contributed by atoms with van der Waals surface area (Å²) in [7, 11) is 0. The molecule has 0 aliphatic rings. The van der Waals surface area contributed by atoms with Crippen molar-refractivity contribution in [2.24, 2.45) is 5.92 Å². The summed E-state index contributed by atoms with van der Waals surface area (Å²) in [6.45, 7) is -0.550. The molecule has 0 radical (unpaired) electrons. The number of aliphatic hydroxyl groups is 2. The molecule has 0 aromatic carbocycles. The molecule has 3 N–H and O–H groups in total. The van der Waals surface area contributed by atoms with Crippen LogP contribution in [-0.4, -0.2) is 34.5 Å². The van der Waals surface area contributed by atoms with Crippen LogP contribution in [0.2, 0.25) is 0 Å². The Morgan fingerprint density at radius 2 is 1.80 bits per heavy atom. The third-order valence-electron chi connectivity index (χ3n) is 0.980. The third-order valence-corrected chi connectivity index (χ3v) is 0.980. The van der Waals surface area contributed by atoms with Gasteiger partial charge in [-0.1, -0.05) is 0 Å². The van der Waals surface area contributed by atoms with Gasteiger partial charge in [0.2, 0.25) is 0 Å². The average molecular weight is 221 g/mol. The Hall–Kier alpha value is 1.20. The largest absolute Gasteiger partial charge is 1.00 e. The van der Waals surface area contributed by atoms with Crippen LogP contribution in [0.25, 0.3) is 0 Å². The van der Waals surface area contributed by atoms with Crippen molar-refractivity contribution in [2.45, 2.75) is 6.42 Å². The van der Waals surface area contributed by atoms with Gasteiger partial charge in [0.25, 0.3) is 0 Å². The van der Waals surface area contributed by atoms with Crippen molar-refractivity contribution in [3.8, 4) is 0 Å². The molecule has 0 bridgehead atoms. The van der Waals surface area contributed by atoms with E-state index in [4.69, 9.17) is 15.3 Å². The smallest absolute Gasteiger partial charge is 1.00 e. The monoisotopic (exact) mass is 220 g/mol.